The van der Waals surface area contributed by atoms with Crippen LogP contribution < -0.4 is 15.5 Å². The molecular weight excluding hydrogens is 466 g/mol. The number of aliphatic hydroxyl groups excluding tert-OH is 1. The molecule has 2 aromatic rings. The maximum Gasteiger partial charge on any atom is 0.494 e. The van der Waals surface area contributed by atoms with Crippen LogP contribution in [0.5, 0.6) is 5.75 Å². The van der Waals surface area contributed by atoms with Crippen molar-refractivity contribution in [2.24, 2.45) is 0 Å². The number of aliphatic hydroxyl groups is 1. The molecule has 2 heterocycles. The van der Waals surface area contributed by atoms with Crippen molar-refractivity contribution in [2.45, 2.75) is 64.4 Å². The number of benzene rings is 2. The number of hydrogen-bond donors (Lipinski definition) is 2. The van der Waals surface area contributed by atoms with Gasteiger partial charge in [0.2, 0.25) is 5.91 Å². The molecule has 2 aliphatic heterocycles. The summed E-state index contributed by atoms with van der Waals surface area (Å²) in [6.45, 7) is 9.30. The SMILES string of the molecule is COc1cc(F)cc([C@@H](CO)NC(=O)[C@@H](C)N2Cc3ccc(B4OC(C)(C)C(C)(C)O4)cc3C2=O)c1. The highest BCUT2D eigenvalue weighted by Gasteiger charge is 2.52. The standard InChI is InChI=1S/C26H32BFN2O6/c1-15(23(32)29-22(14-31)17-9-19(28)12-20(10-17)34-6)30-13-16-7-8-18(11-21(16)24(30)33)27-35-25(2,3)26(4,5)36-27/h7-12,15,22,31H,13-14H2,1-6H3,(H,29,32)/t15-,22-/m1/s1. The van der Waals surface area contributed by atoms with Crippen LogP contribution in [0.1, 0.15) is 62.1 Å². The third-order valence-corrected chi connectivity index (χ3v) is 7.37. The van der Waals surface area contributed by atoms with Crippen LogP contribution in [0.2, 0.25) is 0 Å². The van der Waals surface area contributed by atoms with E-state index < -0.39 is 48.7 Å². The first-order valence-electron chi connectivity index (χ1n) is 11.9. The molecule has 0 saturated carbocycles. The van der Waals surface area contributed by atoms with Crippen LogP contribution in [0.3, 0.4) is 0 Å². The van der Waals surface area contributed by atoms with Crippen LogP contribution in [-0.4, -0.2) is 59.9 Å². The summed E-state index contributed by atoms with van der Waals surface area (Å²) in [4.78, 5) is 27.8. The predicted molar refractivity (Wildman–Crippen MR) is 132 cm³/mol. The Hall–Kier alpha value is -2.95. The first-order chi connectivity index (χ1) is 16.9. The zero-order chi connectivity index (χ0) is 26.4. The van der Waals surface area contributed by atoms with Gasteiger partial charge in [-0.15, -0.1) is 0 Å². The summed E-state index contributed by atoms with van der Waals surface area (Å²) in [7, 11) is 0.804. The van der Waals surface area contributed by atoms with Gasteiger partial charge in [-0.25, -0.2) is 4.39 Å². The van der Waals surface area contributed by atoms with Gasteiger partial charge in [-0.1, -0.05) is 12.1 Å². The van der Waals surface area contributed by atoms with E-state index in [1.807, 2.05) is 39.8 Å². The molecule has 0 radical (unpaired) electrons. The van der Waals surface area contributed by atoms with E-state index in [1.165, 1.54) is 24.1 Å². The van der Waals surface area contributed by atoms with Crippen LogP contribution in [-0.2, 0) is 20.6 Å². The highest BCUT2D eigenvalue weighted by Crippen LogP contribution is 2.37. The van der Waals surface area contributed by atoms with Gasteiger partial charge in [-0.2, -0.15) is 0 Å². The van der Waals surface area contributed by atoms with E-state index in [0.717, 1.165) is 11.0 Å². The summed E-state index contributed by atoms with van der Waals surface area (Å²) in [5, 5.41) is 12.6. The third-order valence-electron chi connectivity index (χ3n) is 7.37. The second-order valence-electron chi connectivity index (χ2n) is 10.3. The number of nitrogens with zero attached hydrogens (tertiary/aromatic N) is 1. The van der Waals surface area contributed by atoms with Crippen LogP contribution in [0.15, 0.2) is 36.4 Å². The molecule has 0 aromatic heterocycles. The molecule has 1 fully saturated rings. The van der Waals surface area contributed by atoms with Crippen molar-refractivity contribution in [2.75, 3.05) is 13.7 Å². The number of ether oxygens (including phenoxy) is 1. The van der Waals surface area contributed by atoms with E-state index >= 15 is 0 Å². The van der Waals surface area contributed by atoms with Crippen molar-refractivity contribution in [1.29, 1.82) is 0 Å². The normalized spacial score (nSPS) is 19.7. The first-order valence-corrected chi connectivity index (χ1v) is 11.9. The third kappa shape index (κ3) is 4.72. The average molecular weight is 498 g/mol. The number of fused-ring (bicyclic) bond motifs is 1. The maximum absolute atomic E-state index is 13.9. The monoisotopic (exact) mass is 498 g/mol. The Kier molecular flexibility index (Phi) is 6.89. The molecule has 8 nitrogen and oxygen atoms in total. The molecule has 4 rings (SSSR count). The summed E-state index contributed by atoms with van der Waals surface area (Å²) in [5.74, 6) is -1.02. The predicted octanol–water partition coefficient (Wildman–Crippen LogP) is 2.33. The van der Waals surface area contributed by atoms with Gasteiger partial charge >= 0.3 is 7.12 Å². The van der Waals surface area contributed by atoms with E-state index in [4.69, 9.17) is 14.0 Å². The number of amides is 2. The van der Waals surface area contributed by atoms with E-state index in [9.17, 15) is 19.1 Å². The van der Waals surface area contributed by atoms with Crippen molar-refractivity contribution in [1.82, 2.24) is 10.2 Å². The Bertz CT molecular complexity index is 1170. The number of rotatable bonds is 7. The van der Waals surface area contributed by atoms with Crippen molar-refractivity contribution in [3.8, 4) is 5.75 Å². The Morgan fingerprint density at radius 2 is 1.86 bits per heavy atom. The fraction of sp³-hybridized carbons (Fsp3) is 0.462. The molecule has 2 atom stereocenters. The highest BCUT2D eigenvalue weighted by molar-refractivity contribution is 6.62. The van der Waals surface area contributed by atoms with Gasteiger partial charge in [0.15, 0.2) is 0 Å². The lowest BCUT2D eigenvalue weighted by atomic mass is 9.78. The van der Waals surface area contributed by atoms with E-state index in [-0.39, 0.29) is 18.2 Å². The van der Waals surface area contributed by atoms with Crippen LogP contribution >= 0.6 is 0 Å². The molecule has 2 N–H and O–H groups in total. The molecular formula is C26H32BFN2O6. The molecule has 10 heteroatoms. The van der Waals surface area contributed by atoms with Crippen molar-refractivity contribution < 1.29 is 33.1 Å². The molecule has 192 valence electrons. The molecule has 2 aromatic carbocycles. The minimum atomic E-state index is -0.861. The molecule has 2 amide bonds. The van der Waals surface area contributed by atoms with Crippen molar-refractivity contribution in [3.05, 3.63) is 58.9 Å². The fourth-order valence-electron chi connectivity index (χ4n) is 4.35. The number of nitrogens with one attached hydrogen (secondary N) is 1. The lowest BCUT2D eigenvalue weighted by Crippen LogP contribution is -2.46. The fourth-order valence-corrected chi connectivity index (χ4v) is 4.35. The molecule has 0 spiro atoms. The number of hydrogen-bond acceptors (Lipinski definition) is 6. The van der Waals surface area contributed by atoms with Gasteiger partial charge in [0, 0.05) is 18.2 Å². The van der Waals surface area contributed by atoms with Crippen LogP contribution in [0, 0.1) is 5.82 Å². The van der Waals surface area contributed by atoms with Gasteiger partial charge in [0.25, 0.3) is 5.91 Å². The van der Waals surface area contributed by atoms with Gasteiger partial charge in [-0.3, -0.25) is 9.59 Å². The lowest BCUT2D eigenvalue weighted by Gasteiger charge is -2.32. The Labute approximate surface area is 210 Å². The highest BCUT2D eigenvalue weighted by atomic mass is 19.1. The zero-order valence-electron chi connectivity index (χ0n) is 21.4. The molecule has 0 aliphatic carbocycles. The molecule has 0 unspecified atom stereocenters. The summed E-state index contributed by atoms with van der Waals surface area (Å²) < 4.78 is 31.2. The second-order valence-corrected chi connectivity index (χ2v) is 10.3. The van der Waals surface area contributed by atoms with Crippen molar-refractivity contribution in [3.63, 3.8) is 0 Å². The first kappa shape index (κ1) is 26.1. The molecule has 2 aliphatic rings. The molecule has 0 bridgehead atoms. The Morgan fingerprint density at radius 1 is 1.19 bits per heavy atom. The summed E-state index contributed by atoms with van der Waals surface area (Å²) in [6.07, 6.45) is 0. The topological polar surface area (TPSA) is 97.3 Å². The van der Waals surface area contributed by atoms with E-state index in [0.29, 0.717) is 11.1 Å². The number of methoxy groups -OCH3 is 1. The van der Waals surface area contributed by atoms with Crippen LogP contribution in [0.4, 0.5) is 4.39 Å². The number of halogens is 1. The maximum atomic E-state index is 13.9. The Morgan fingerprint density at radius 3 is 2.47 bits per heavy atom. The Balaban J connectivity index is 1.48. The largest absolute Gasteiger partial charge is 0.497 e. The molecule has 36 heavy (non-hydrogen) atoms. The van der Waals surface area contributed by atoms with Crippen molar-refractivity contribution >= 4 is 24.4 Å². The minimum Gasteiger partial charge on any atom is -0.497 e. The van der Waals surface area contributed by atoms with Gasteiger partial charge in [0.05, 0.1) is 31.0 Å². The zero-order valence-corrected chi connectivity index (χ0v) is 21.4. The summed E-state index contributed by atoms with van der Waals surface area (Å²) >= 11 is 0. The molecule has 1 saturated heterocycles. The smallest absolute Gasteiger partial charge is 0.494 e. The van der Waals surface area contributed by atoms with E-state index in [1.54, 1.807) is 19.1 Å². The van der Waals surface area contributed by atoms with Gasteiger partial charge in [-0.05, 0) is 69.4 Å². The van der Waals surface area contributed by atoms with Gasteiger partial charge in [0.1, 0.15) is 17.6 Å². The summed E-state index contributed by atoms with van der Waals surface area (Å²) in [5.41, 5.74) is 1.38. The second kappa shape index (κ2) is 9.50. The van der Waals surface area contributed by atoms with E-state index in [2.05, 4.69) is 5.32 Å². The quantitative estimate of drug-likeness (QED) is 0.569. The number of carbonyl (C=O) groups is 2. The van der Waals surface area contributed by atoms with Crippen LogP contribution in [0.25, 0.3) is 0 Å². The lowest BCUT2D eigenvalue weighted by molar-refractivity contribution is -0.126. The van der Waals surface area contributed by atoms with Gasteiger partial charge < -0.3 is 29.4 Å². The average Bonchev–Trinajstić information content (AvgIpc) is 3.27. The minimum absolute atomic E-state index is 0.268. The summed E-state index contributed by atoms with van der Waals surface area (Å²) in [6, 6.07) is 7.79. The number of carbonyl (C=O) groups excluding carboxylic acids is 2.